The van der Waals surface area contributed by atoms with Gasteiger partial charge in [0, 0.05) is 11.1 Å². The number of nitrogens with zero attached hydrogens (tertiary/aromatic N) is 1. The fraction of sp³-hybridized carbons (Fsp3) is 0.500. The molecular formula is C16H20ClN3O. The summed E-state index contributed by atoms with van der Waals surface area (Å²) in [4.78, 5) is 19.4. The van der Waals surface area contributed by atoms with Crippen molar-refractivity contribution < 1.29 is 0 Å². The molecule has 1 aliphatic carbocycles. The maximum absolute atomic E-state index is 12.0. The van der Waals surface area contributed by atoms with Crippen LogP contribution < -0.4 is 10.9 Å². The summed E-state index contributed by atoms with van der Waals surface area (Å²) in [6.07, 6.45) is 5.05. The van der Waals surface area contributed by atoms with Crippen molar-refractivity contribution in [3.63, 3.8) is 0 Å². The monoisotopic (exact) mass is 305 g/mol. The van der Waals surface area contributed by atoms with Crippen LogP contribution in [0.1, 0.15) is 38.4 Å². The zero-order valence-electron chi connectivity index (χ0n) is 12.2. The number of rotatable bonds is 6. The van der Waals surface area contributed by atoms with Crippen molar-refractivity contribution in [2.45, 2.75) is 45.2 Å². The van der Waals surface area contributed by atoms with Crippen molar-refractivity contribution in [1.29, 1.82) is 0 Å². The first-order valence-electron chi connectivity index (χ1n) is 7.57. The molecule has 0 bridgehead atoms. The van der Waals surface area contributed by atoms with Gasteiger partial charge in [0.1, 0.15) is 5.82 Å². The van der Waals surface area contributed by atoms with E-state index in [1.54, 1.807) is 18.2 Å². The van der Waals surface area contributed by atoms with Crippen molar-refractivity contribution in [3.05, 3.63) is 39.4 Å². The highest BCUT2D eigenvalue weighted by Gasteiger charge is 2.24. The summed E-state index contributed by atoms with van der Waals surface area (Å²) in [7, 11) is 0. The summed E-state index contributed by atoms with van der Waals surface area (Å²) in [5.74, 6) is 1.56. The Morgan fingerprint density at radius 1 is 1.48 bits per heavy atom. The normalized spacial score (nSPS) is 16.3. The molecule has 1 fully saturated rings. The van der Waals surface area contributed by atoms with E-state index in [1.165, 1.54) is 19.3 Å². The molecule has 1 aliphatic rings. The summed E-state index contributed by atoms with van der Waals surface area (Å²) in [5.41, 5.74) is 0.544. The molecule has 0 spiro atoms. The SMILES string of the molecule is CCC(CC1CC1)NCc1nc2cc(Cl)ccc2c(=O)[nH]1. The molecule has 3 rings (SSSR count). The van der Waals surface area contributed by atoms with E-state index in [-0.39, 0.29) is 5.56 Å². The third-order valence-corrected chi connectivity index (χ3v) is 4.32. The van der Waals surface area contributed by atoms with E-state index in [9.17, 15) is 4.79 Å². The Bertz CT molecular complexity index is 693. The lowest BCUT2D eigenvalue weighted by atomic mass is 10.1. The molecule has 1 heterocycles. The highest BCUT2D eigenvalue weighted by Crippen LogP contribution is 2.34. The third-order valence-electron chi connectivity index (χ3n) is 4.08. The van der Waals surface area contributed by atoms with Crippen LogP contribution in [-0.4, -0.2) is 16.0 Å². The quantitative estimate of drug-likeness (QED) is 0.861. The molecular weight excluding hydrogens is 286 g/mol. The Labute approximate surface area is 128 Å². The van der Waals surface area contributed by atoms with Gasteiger partial charge in [-0.2, -0.15) is 0 Å². The van der Waals surface area contributed by atoms with E-state index >= 15 is 0 Å². The molecule has 1 aromatic carbocycles. The molecule has 4 nitrogen and oxygen atoms in total. The van der Waals surface area contributed by atoms with Crippen LogP contribution in [0.5, 0.6) is 0 Å². The Morgan fingerprint density at radius 2 is 2.29 bits per heavy atom. The van der Waals surface area contributed by atoms with Gasteiger partial charge in [0.05, 0.1) is 17.4 Å². The van der Waals surface area contributed by atoms with Gasteiger partial charge in [0.2, 0.25) is 0 Å². The molecule has 112 valence electrons. The first kappa shape index (κ1) is 14.5. The Morgan fingerprint density at radius 3 is 3.00 bits per heavy atom. The van der Waals surface area contributed by atoms with Gasteiger partial charge < -0.3 is 10.3 Å². The number of halogens is 1. The van der Waals surface area contributed by atoms with Gasteiger partial charge in [-0.1, -0.05) is 31.4 Å². The van der Waals surface area contributed by atoms with Crippen molar-refractivity contribution in [1.82, 2.24) is 15.3 Å². The molecule has 0 aliphatic heterocycles. The minimum Gasteiger partial charge on any atom is -0.309 e. The van der Waals surface area contributed by atoms with Crippen LogP contribution in [0.15, 0.2) is 23.0 Å². The molecule has 1 unspecified atom stereocenters. The third kappa shape index (κ3) is 3.63. The number of hydrogen-bond donors (Lipinski definition) is 2. The molecule has 1 atom stereocenters. The second kappa shape index (κ2) is 6.16. The van der Waals surface area contributed by atoms with E-state index in [2.05, 4.69) is 22.2 Å². The summed E-state index contributed by atoms with van der Waals surface area (Å²) in [5, 5.41) is 4.67. The zero-order valence-corrected chi connectivity index (χ0v) is 12.9. The van der Waals surface area contributed by atoms with Crippen LogP contribution in [0.25, 0.3) is 10.9 Å². The van der Waals surface area contributed by atoms with Gasteiger partial charge in [-0.3, -0.25) is 4.79 Å². The molecule has 21 heavy (non-hydrogen) atoms. The summed E-state index contributed by atoms with van der Waals surface area (Å²) in [6, 6.07) is 5.65. The van der Waals surface area contributed by atoms with Crippen LogP contribution in [0.4, 0.5) is 0 Å². The maximum Gasteiger partial charge on any atom is 0.258 e. The van der Waals surface area contributed by atoms with Crippen LogP contribution in [0.3, 0.4) is 0 Å². The number of aromatic amines is 1. The topological polar surface area (TPSA) is 57.8 Å². The van der Waals surface area contributed by atoms with E-state index in [0.717, 1.165) is 12.3 Å². The molecule has 5 heteroatoms. The van der Waals surface area contributed by atoms with Gasteiger partial charge in [-0.05, 0) is 37.0 Å². The fourth-order valence-electron chi connectivity index (χ4n) is 2.64. The molecule has 0 saturated heterocycles. The van der Waals surface area contributed by atoms with E-state index in [1.807, 2.05) is 0 Å². The molecule has 1 aromatic heterocycles. The standard InChI is InChI=1S/C16H20ClN3O/c1-2-12(7-10-3-4-10)18-9-15-19-14-8-11(17)5-6-13(14)16(21)20-15/h5-6,8,10,12,18H,2-4,7,9H2,1H3,(H,19,20,21). The highest BCUT2D eigenvalue weighted by atomic mass is 35.5. The predicted molar refractivity (Wildman–Crippen MR) is 85.6 cm³/mol. The molecule has 0 amide bonds. The Balaban J connectivity index is 1.75. The number of hydrogen-bond acceptors (Lipinski definition) is 3. The lowest BCUT2D eigenvalue weighted by Crippen LogP contribution is -2.30. The van der Waals surface area contributed by atoms with Gasteiger partial charge in [-0.25, -0.2) is 4.98 Å². The van der Waals surface area contributed by atoms with Crippen LogP contribution in [-0.2, 0) is 6.54 Å². The van der Waals surface area contributed by atoms with E-state index < -0.39 is 0 Å². The summed E-state index contributed by atoms with van der Waals surface area (Å²) >= 11 is 5.97. The van der Waals surface area contributed by atoms with E-state index in [4.69, 9.17) is 11.6 Å². The van der Waals surface area contributed by atoms with Crippen molar-refractivity contribution in [2.75, 3.05) is 0 Å². The second-order valence-electron chi connectivity index (χ2n) is 5.84. The van der Waals surface area contributed by atoms with Crippen molar-refractivity contribution in [2.24, 2.45) is 5.92 Å². The smallest absolute Gasteiger partial charge is 0.258 e. The number of nitrogens with one attached hydrogen (secondary N) is 2. The first-order chi connectivity index (χ1) is 10.2. The summed E-state index contributed by atoms with van der Waals surface area (Å²) in [6.45, 7) is 2.78. The van der Waals surface area contributed by atoms with Gasteiger partial charge in [-0.15, -0.1) is 0 Å². The molecule has 2 aromatic rings. The molecule has 1 saturated carbocycles. The predicted octanol–water partition coefficient (Wildman–Crippen LogP) is 3.24. The second-order valence-corrected chi connectivity index (χ2v) is 6.28. The maximum atomic E-state index is 12.0. The highest BCUT2D eigenvalue weighted by molar-refractivity contribution is 6.31. The minimum atomic E-state index is -0.108. The van der Waals surface area contributed by atoms with Gasteiger partial charge in [0.25, 0.3) is 5.56 Å². The zero-order chi connectivity index (χ0) is 14.8. The summed E-state index contributed by atoms with van der Waals surface area (Å²) < 4.78 is 0. The number of fused-ring (bicyclic) bond motifs is 1. The lowest BCUT2D eigenvalue weighted by molar-refractivity contribution is 0.439. The van der Waals surface area contributed by atoms with Crippen LogP contribution in [0.2, 0.25) is 5.02 Å². The number of H-pyrrole nitrogens is 1. The van der Waals surface area contributed by atoms with Gasteiger partial charge >= 0.3 is 0 Å². The lowest BCUT2D eigenvalue weighted by Gasteiger charge is -2.16. The fourth-order valence-corrected chi connectivity index (χ4v) is 2.80. The molecule has 2 N–H and O–H groups in total. The van der Waals surface area contributed by atoms with Gasteiger partial charge in [0.15, 0.2) is 0 Å². The largest absolute Gasteiger partial charge is 0.309 e. The average Bonchev–Trinajstić information content (AvgIpc) is 3.27. The molecule has 0 radical (unpaired) electrons. The van der Waals surface area contributed by atoms with Crippen LogP contribution >= 0.6 is 11.6 Å². The average molecular weight is 306 g/mol. The van der Waals surface area contributed by atoms with Crippen molar-refractivity contribution in [3.8, 4) is 0 Å². The number of benzene rings is 1. The Hall–Kier alpha value is -1.39. The minimum absolute atomic E-state index is 0.108. The van der Waals surface area contributed by atoms with Crippen LogP contribution in [0, 0.1) is 5.92 Å². The number of aromatic nitrogens is 2. The van der Waals surface area contributed by atoms with Crippen molar-refractivity contribution >= 4 is 22.5 Å². The Kier molecular flexibility index (Phi) is 4.27. The first-order valence-corrected chi connectivity index (χ1v) is 7.95. The van der Waals surface area contributed by atoms with E-state index in [0.29, 0.717) is 34.3 Å².